The highest BCUT2D eigenvalue weighted by Crippen LogP contribution is 2.21. The van der Waals surface area contributed by atoms with Crippen LogP contribution < -0.4 is 5.32 Å². The number of ether oxygens (including phenoxy) is 1. The molecule has 2 atom stereocenters. The maximum Gasteiger partial charge on any atom is 0.0994 e. The van der Waals surface area contributed by atoms with Crippen molar-refractivity contribution < 1.29 is 4.74 Å². The summed E-state index contributed by atoms with van der Waals surface area (Å²) in [6.45, 7) is 5.88. The lowest BCUT2D eigenvalue weighted by molar-refractivity contribution is 0.183. The second-order valence-corrected chi connectivity index (χ2v) is 4.70. The van der Waals surface area contributed by atoms with E-state index in [0.717, 1.165) is 36.4 Å². The van der Waals surface area contributed by atoms with Gasteiger partial charge in [-0.2, -0.15) is 5.26 Å². The van der Waals surface area contributed by atoms with Crippen LogP contribution in [0.3, 0.4) is 0 Å². The molecular formula is C14H18N2O. The van der Waals surface area contributed by atoms with Gasteiger partial charge in [0.25, 0.3) is 0 Å². The molecule has 3 nitrogen and oxygen atoms in total. The Morgan fingerprint density at radius 1 is 1.53 bits per heavy atom. The second-order valence-electron chi connectivity index (χ2n) is 4.70. The van der Waals surface area contributed by atoms with Gasteiger partial charge in [-0.05, 0) is 44.0 Å². The number of nitriles is 1. The molecule has 1 aromatic rings. The quantitative estimate of drug-likeness (QED) is 0.868. The minimum atomic E-state index is 0.407. The molecule has 90 valence electrons. The molecule has 0 saturated carbocycles. The SMILES string of the molecule is Cc1cc(NC(C)C2CCOC2)ccc1C#N. The zero-order valence-corrected chi connectivity index (χ0v) is 10.4. The molecule has 1 saturated heterocycles. The zero-order chi connectivity index (χ0) is 12.3. The molecule has 0 aromatic heterocycles. The van der Waals surface area contributed by atoms with Crippen LogP contribution in [0.5, 0.6) is 0 Å². The largest absolute Gasteiger partial charge is 0.382 e. The average Bonchev–Trinajstić information content (AvgIpc) is 2.82. The molecule has 0 aliphatic carbocycles. The van der Waals surface area contributed by atoms with Crippen molar-refractivity contribution in [2.75, 3.05) is 18.5 Å². The van der Waals surface area contributed by atoms with Crippen molar-refractivity contribution in [2.24, 2.45) is 5.92 Å². The van der Waals surface area contributed by atoms with Crippen LogP contribution in [0.15, 0.2) is 18.2 Å². The van der Waals surface area contributed by atoms with Crippen molar-refractivity contribution in [3.63, 3.8) is 0 Å². The van der Waals surface area contributed by atoms with E-state index in [0.29, 0.717) is 12.0 Å². The van der Waals surface area contributed by atoms with E-state index in [1.165, 1.54) is 0 Å². The molecule has 2 unspecified atom stereocenters. The predicted octanol–water partition coefficient (Wildman–Crippen LogP) is 2.70. The highest BCUT2D eigenvalue weighted by Gasteiger charge is 2.22. The van der Waals surface area contributed by atoms with Gasteiger partial charge in [-0.1, -0.05) is 0 Å². The van der Waals surface area contributed by atoms with Crippen molar-refractivity contribution in [2.45, 2.75) is 26.3 Å². The van der Waals surface area contributed by atoms with Crippen LogP contribution in [-0.4, -0.2) is 19.3 Å². The lowest BCUT2D eigenvalue weighted by Gasteiger charge is -2.20. The standard InChI is InChI=1S/C14H18N2O/c1-10-7-14(4-3-12(10)8-15)16-11(2)13-5-6-17-9-13/h3-4,7,11,13,16H,5-6,9H2,1-2H3. The summed E-state index contributed by atoms with van der Waals surface area (Å²) in [5.74, 6) is 0.589. The van der Waals surface area contributed by atoms with E-state index >= 15 is 0 Å². The Kier molecular flexibility index (Phi) is 3.65. The Hall–Kier alpha value is -1.53. The number of nitrogens with zero attached hydrogens (tertiary/aromatic N) is 1. The maximum atomic E-state index is 8.88. The summed E-state index contributed by atoms with van der Waals surface area (Å²) in [5.41, 5.74) is 2.85. The number of rotatable bonds is 3. The molecule has 0 bridgehead atoms. The minimum absolute atomic E-state index is 0.407. The van der Waals surface area contributed by atoms with Crippen LogP contribution in [0.2, 0.25) is 0 Å². The Morgan fingerprint density at radius 3 is 2.94 bits per heavy atom. The molecule has 2 rings (SSSR count). The van der Waals surface area contributed by atoms with Crippen LogP contribution in [0.4, 0.5) is 5.69 Å². The molecule has 1 fully saturated rings. The fraction of sp³-hybridized carbons (Fsp3) is 0.500. The summed E-state index contributed by atoms with van der Waals surface area (Å²) >= 11 is 0. The van der Waals surface area contributed by atoms with Crippen LogP contribution in [-0.2, 0) is 4.74 Å². The van der Waals surface area contributed by atoms with E-state index in [-0.39, 0.29) is 0 Å². The number of hydrogen-bond acceptors (Lipinski definition) is 3. The van der Waals surface area contributed by atoms with E-state index in [2.05, 4.69) is 18.3 Å². The first-order valence-electron chi connectivity index (χ1n) is 6.05. The van der Waals surface area contributed by atoms with Gasteiger partial charge in [-0.25, -0.2) is 0 Å². The molecule has 1 N–H and O–H groups in total. The van der Waals surface area contributed by atoms with Gasteiger partial charge in [-0.15, -0.1) is 0 Å². The molecular weight excluding hydrogens is 212 g/mol. The Morgan fingerprint density at radius 2 is 2.35 bits per heavy atom. The molecule has 1 aliphatic heterocycles. The van der Waals surface area contributed by atoms with Crippen LogP contribution in [0.1, 0.15) is 24.5 Å². The van der Waals surface area contributed by atoms with Gasteiger partial charge in [0, 0.05) is 24.3 Å². The average molecular weight is 230 g/mol. The van der Waals surface area contributed by atoms with Crippen molar-refractivity contribution in [1.82, 2.24) is 0 Å². The summed E-state index contributed by atoms with van der Waals surface area (Å²) < 4.78 is 5.39. The molecule has 3 heteroatoms. The lowest BCUT2D eigenvalue weighted by Crippen LogP contribution is -2.26. The molecule has 0 radical (unpaired) electrons. The molecule has 1 aromatic carbocycles. The highest BCUT2D eigenvalue weighted by molar-refractivity contribution is 5.52. The Bertz CT molecular complexity index is 430. The predicted molar refractivity (Wildman–Crippen MR) is 67.9 cm³/mol. The molecule has 0 spiro atoms. The van der Waals surface area contributed by atoms with Gasteiger partial charge >= 0.3 is 0 Å². The second kappa shape index (κ2) is 5.20. The maximum absolute atomic E-state index is 8.88. The van der Waals surface area contributed by atoms with Gasteiger partial charge in [0.2, 0.25) is 0 Å². The molecule has 0 amide bonds. The van der Waals surface area contributed by atoms with E-state index in [4.69, 9.17) is 10.00 Å². The number of anilines is 1. The van der Waals surface area contributed by atoms with Gasteiger partial charge in [0.1, 0.15) is 0 Å². The summed E-state index contributed by atoms with van der Waals surface area (Å²) in [4.78, 5) is 0. The Balaban J connectivity index is 2.03. The van der Waals surface area contributed by atoms with Gasteiger partial charge < -0.3 is 10.1 Å². The fourth-order valence-electron chi connectivity index (χ4n) is 2.21. The summed E-state index contributed by atoms with van der Waals surface area (Å²) in [6, 6.07) is 8.46. The van der Waals surface area contributed by atoms with Crippen LogP contribution >= 0.6 is 0 Å². The van der Waals surface area contributed by atoms with Crippen molar-refractivity contribution in [3.05, 3.63) is 29.3 Å². The van der Waals surface area contributed by atoms with Crippen molar-refractivity contribution in [3.8, 4) is 6.07 Å². The third-order valence-corrected chi connectivity index (χ3v) is 3.41. The highest BCUT2D eigenvalue weighted by atomic mass is 16.5. The van der Waals surface area contributed by atoms with E-state index in [9.17, 15) is 0 Å². The van der Waals surface area contributed by atoms with Crippen LogP contribution in [0.25, 0.3) is 0 Å². The molecule has 1 heterocycles. The van der Waals surface area contributed by atoms with E-state index in [1.807, 2.05) is 25.1 Å². The van der Waals surface area contributed by atoms with Gasteiger partial charge in [0.05, 0.1) is 18.2 Å². The first-order chi connectivity index (χ1) is 8.20. The van der Waals surface area contributed by atoms with E-state index < -0.39 is 0 Å². The molecule has 1 aliphatic rings. The number of benzene rings is 1. The molecule has 17 heavy (non-hydrogen) atoms. The summed E-state index contributed by atoms with van der Waals surface area (Å²) in [5, 5.41) is 12.4. The third kappa shape index (κ3) is 2.78. The van der Waals surface area contributed by atoms with Gasteiger partial charge in [-0.3, -0.25) is 0 Å². The monoisotopic (exact) mass is 230 g/mol. The smallest absolute Gasteiger partial charge is 0.0994 e. The topological polar surface area (TPSA) is 45.0 Å². The minimum Gasteiger partial charge on any atom is -0.382 e. The Labute approximate surface area is 102 Å². The fourth-order valence-corrected chi connectivity index (χ4v) is 2.21. The van der Waals surface area contributed by atoms with Gasteiger partial charge in [0.15, 0.2) is 0 Å². The van der Waals surface area contributed by atoms with Crippen molar-refractivity contribution in [1.29, 1.82) is 5.26 Å². The normalized spacial score (nSPS) is 20.9. The first-order valence-corrected chi connectivity index (χ1v) is 6.05. The number of hydrogen-bond donors (Lipinski definition) is 1. The van der Waals surface area contributed by atoms with Crippen molar-refractivity contribution >= 4 is 5.69 Å². The number of aryl methyl sites for hydroxylation is 1. The third-order valence-electron chi connectivity index (χ3n) is 3.41. The number of nitrogens with one attached hydrogen (secondary N) is 1. The summed E-state index contributed by atoms with van der Waals surface area (Å²) in [6.07, 6.45) is 1.13. The zero-order valence-electron chi connectivity index (χ0n) is 10.4. The summed E-state index contributed by atoms with van der Waals surface area (Å²) in [7, 11) is 0. The lowest BCUT2D eigenvalue weighted by atomic mass is 10.00. The van der Waals surface area contributed by atoms with Crippen LogP contribution in [0, 0.1) is 24.2 Å². The first kappa shape index (κ1) is 11.9. The van der Waals surface area contributed by atoms with E-state index in [1.54, 1.807) is 0 Å².